The van der Waals surface area contributed by atoms with Crippen LogP contribution < -0.4 is 19.5 Å². The molecule has 3 rings (SSSR count). The number of hydrogen-bond acceptors (Lipinski definition) is 4. The van der Waals surface area contributed by atoms with Gasteiger partial charge in [-0.2, -0.15) is 0 Å². The number of methoxy groups -OCH3 is 2. The maximum atomic E-state index is 12.3. The molecule has 0 aliphatic carbocycles. The number of carbonyl (C=O) groups excluding carboxylic acids is 1. The van der Waals surface area contributed by atoms with Crippen molar-refractivity contribution in [2.24, 2.45) is 0 Å². The summed E-state index contributed by atoms with van der Waals surface area (Å²) in [5.41, 5.74) is 2.86. The smallest absolute Gasteiger partial charge is 0.262 e. The molecule has 5 nitrogen and oxygen atoms in total. The van der Waals surface area contributed by atoms with Gasteiger partial charge in [0, 0.05) is 17.7 Å². The lowest BCUT2D eigenvalue weighted by Gasteiger charge is -2.13. The lowest BCUT2D eigenvalue weighted by molar-refractivity contribution is -0.118. The molecule has 1 amide bonds. The molecule has 0 aromatic heterocycles. The van der Waals surface area contributed by atoms with E-state index in [4.69, 9.17) is 14.2 Å². The third kappa shape index (κ3) is 5.04. The molecule has 0 aliphatic rings. The van der Waals surface area contributed by atoms with Gasteiger partial charge in [0.15, 0.2) is 18.1 Å². The number of ether oxygens (including phenoxy) is 3. The Hall–Kier alpha value is -3.47. The summed E-state index contributed by atoms with van der Waals surface area (Å²) in [6, 6.07) is 22.9. The second-order valence-electron chi connectivity index (χ2n) is 6.18. The van der Waals surface area contributed by atoms with Crippen LogP contribution in [0.2, 0.25) is 0 Å². The Labute approximate surface area is 164 Å². The van der Waals surface area contributed by atoms with E-state index >= 15 is 0 Å². The van der Waals surface area contributed by atoms with E-state index in [1.165, 1.54) is 5.56 Å². The van der Waals surface area contributed by atoms with Crippen molar-refractivity contribution in [1.82, 2.24) is 0 Å². The second-order valence-corrected chi connectivity index (χ2v) is 6.18. The molecule has 5 heteroatoms. The highest BCUT2D eigenvalue weighted by Crippen LogP contribution is 2.27. The minimum atomic E-state index is -0.248. The fourth-order valence-corrected chi connectivity index (χ4v) is 2.89. The minimum Gasteiger partial charge on any atom is -0.496 e. The Morgan fingerprint density at radius 3 is 2.21 bits per heavy atom. The third-order valence-electron chi connectivity index (χ3n) is 4.23. The third-order valence-corrected chi connectivity index (χ3v) is 4.23. The first-order valence-corrected chi connectivity index (χ1v) is 8.96. The molecule has 0 unspecified atom stereocenters. The Morgan fingerprint density at radius 1 is 0.821 bits per heavy atom. The highest BCUT2D eigenvalue weighted by atomic mass is 16.5. The fraction of sp³-hybridized carbons (Fsp3) is 0.174. The molecule has 3 aromatic rings. The van der Waals surface area contributed by atoms with Crippen molar-refractivity contribution in [3.63, 3.8) is 0 Å². The molecule has 1 N–H and O–H groups in total. The lowest BCUT2D eigenvalue weighted by atomic mass is 10.0. The Kier molecular flexibility index (Phi) is 6.52. The predicted molar refractivity (Wildman–Crippen MR) is 109 cm³/mol. The van der Waals surface area contributed by atoms with Gasteiger partial charge in [0.1, 0.15) is 5.75 Å². The lowest BCUT2D eigenvalue weighted by Crippen LogP contribution is -2.20. The highest BCUT2D eigenvalue weighted by Gasteiger charge is 2.10. The standard InChI is InChI=1S/C23H23NO4/c1-26-20-13-12-19(15-18(20)14-17-8-4-3-5-9-17)24-23(25)16-28-22-11-7-6-10-21(22)27-2/h3-13,15H,14,16H2,1-2H3,(H,24,25). The Balaban J connectivity index is 1.66. The summed E-state index contributed by atoms with van der Waals surface area (Å²) in [5.74, 6) is 1.65. The van der Waals surface area contributed by atoms with E-state index in [0.29, 0.717) is 23.6 Å². The van der Waals surface area contributed by atoms with Crippen molar-refractivity contribution in [2.75, 3.05) is 26.1 Å². The first-order chi connectivity index (χ1) is 13.7. The molecular formula is C23H23NO4. The number of para-hydroxylation sites is 2. The number of amides is 1. The van der Waals surface area contributed by atoms with Gasteiger partial charge in [-0.05, 0) is 35.9 Å². The molecule has 3 aromatic carbocycles. The second kappa shape index (κ2) is 9.46. The van der Waals surface area contributed by atoms with Gasteiger partial charge < -0.3 is 19.5 Å². The molecular weight excluding hydrogens is 354 g/mol. The van der Waals surface area contributed by atoms with Gasteiger partial charge in [-0.15, -0.1) is 0 Å². The van der Waals surface area contributed by atoms with Crippen LogP contribution in [0.4, 0.5) is 5.69 Å². The normalized spacial score (nSPS) is 10.2. The van der Waals surface area contributed by atoms with Crippen LogP contribution in [0.1, 0.15) is 11.1 Å². The van der Waals surface area contributed by atoms with Crippen molar-refractivity contribution in [3.05, 3.63) is 83.9 Å². The number of rotatable bonds is 8. The van der Waals surface area contributed by atoms with Crippen molar-refractivity contribution in [1.29, 1.82) is 0 Å². The number of carbonyl (C=O) groups is 1. The van der Waals surface area contributed by atoms with Gasteiger partial charge in [-0.25, -0.2) is 0 Å². The van der Waals surface area contributed by atoms with Crippen molar-refractivity contribution in [3.8, 4) is 17.2 Å². The molecule has 28 heavy (non-hydrogen) atoms. The van der Waals surface area contributed by atoms with Gasteiger partial charge in [0.25, 0.3) is 5.91 Å². The summed E-state index contributed by atoms with van der Waals surface area (Å²) < 4.78 is 16.3. The zero-order valence-electron chi connectivity index (χ0n) is 16.0. The molecule has 0 spiro atoms. The molecule has 0 atom stereocenters. The average molecular weight is 377 g/mol. The molecule has 0 heterocycles. The monoisotopic (exact) mass is 377 g/mol. The largest absolute Gasteiger partial charge is 0.496 e. The zero-order chi connectivity index (χ0) is 19.8. The maximum absolute atomic E-state index is 12.3. The van der Waals surface area contributed by atoms with E-state index in [-0.39, 0.29) is 12.5 Å². The number of benzene rings is 3. The van der Waals surface area contributed by atoms with Gasteiger partial charge in [0.05, 0.1) is 14.2 Å². The van der Waals surface area contributed by atoms with E-state index in [1.54, 1.807) is 26.4 Å². The van der Waals surface area contributed by atoms with E-state index in [1.807, 2.05) is 48.5 Å². The first-order valence-electron chi connectivity index (χ1n) is 8.96. The Morgan fingerprint density at radius 2 is 1.50 bits per heavy atom. The molecule has 0 aliphatic heterocycles. The summed E-state index contributed by atoms with van der Waals surface area (Å²) in [5, 5.41) is 2.87. The van der Waals surface area contributed by atoms with Gasteiger partial charge in [-0.1, -0.05) is 42.5 Å². The summed E-state index contributed by atoms with van der Waals surface area (Å²) in [6.07, 6.45) is 0.714. The van der Waals surface area contributed by atoms with Gasteiger partial charge in [0.2, 0.25) is 0 Å². The van der Waals surface area contributed by atoms with Crippen LogP contribution in [0, 0.1) is 0 Å². The molecule has 144 valence electrons. The van der Waals surface area contributed by atoms with Crippen LogP contribution >= 0.6 is 0 Å². The van der Waals surface area contributed by atoms with Gasteiger partial charge >= 0.3 is 0 Å². The topological polar surface area (TPSA) is 56.8 Å². The van der Waals surface area contributed by atoms with Crippen LogP contribution in [0.25, 0.3) is 0 Å². The summed E-state index contributed by atoms with van der Waals surface area (Å²) in [4.78, 5) is 12.3. The highest BCUT2D eigenvalue weighted by molar-refractivity contribution is 5.92. The zero-order valence-corrected chi connectivity index (χ0v) is 16.0. The van der Waals surface area contributed by atoms with Crippen LogP contribution in [-0.4, -0.2) is 26.7 Å². The van der Waals surface area contributed by atoms with Crippen LogP contribution in [0.3, 0.4) is 0 Å². The van der Waals surface area contributed by atoms with Crippen molar-refractivity contribution < 1.29 is 19.0 Å². The number of nitrogens with one attached hydrogen (secondary N) is 1. The number of hydrogen-bond donors (Lipinski definition) is 1. The summed E-state index contributed by atoms with van der Waals surface area (Å²) in [6.45, 7) is -0.111. The van der Waals surface area contributed by atoms with E-state index in [0.717, 1.165) is 11.3 Å². The molecule has 0 radical (unpaired) electrons. The fourth-order valence-electron chi connectivity index (χ4n) is 2.89. The van der Waals surface area contributed by atoms with Crippen molar-refractivity contribution >= 4 is 11.6 Å². The van der Waals surface area contributed by atoms with Crippen LogP contribution in [-0.2, 0) is 11.2 Å². The SMILES string of the molecule is COc1ccc(NC(=O)COc2ccccc2OC)cc1Cc1ccccc1. The van der Waals surface area contributed by atoms with E-state index in [2.05, 4.69) is 17.4 Å². The number of anilines is 1. The first kappa shape index (κ1) is 19.3. The quantitative estimate of drug-likeness (QED) is 0.635. The van der Waals surface area contributed by atoms with E-state index in [9.17, 15) is 4.79 Å². The predicted octanol–water partition coefficient (Wildman–Crippen LogP) is 4.31. The van der Waals surface area contributed by atoms with E-state index < -0.39 is 0 Å². The molecule has 0 saturated heterocycles. The Bertz CT molecular complexity index is 925. The molecule has 0 bridgehead atoms. The average Bonchev–Trinajstić information content (AvgIpc) is 2.73. The maximum Gasteiger partial charge on any atom is 0.262 e. The van der Waals surface area contributed by atoms with Crippen LogP contribution in [0.15, 0.2) is 72.8 Å². The summed E-state index contributed by atoms with van der Waals surface area (Å²) >= 11 is 0. The molecule has 0 saturated carbocycles. The van der Waals surface area contributed by atoms with Crippen molar-refractivity contribution in [2.45, 2.75) is 6.42 Å². The molecule has 0 fully saturated rings. The van der Waals surface area contributed by atoms with Gasteiger partial charge in [-0.3, -0.25) is 4.79 Å². The summed E-state index contributed by atoms with van der Waals surface area (Å²) in [7, 11) is 3.21. The van der Waals surface area contributed by atoms with Crippen LogP contribution in [0.5, 0.6) is 17.2 Å². The minimum absolute atomic E-state index is 0.111.